The second-order valence-electron chi connectivity index (χ2n) is 3.09. The third-order valence-electron chi connectivity index (χ3n) is 1.92. The Morgan fingerprint density at radius 2 is 2.00 bits per heavy atom. The zero-order valence-corrected chi connectivity index (χ0v) is 9.09. The molecule has 1 atom stereocenters. The fourth-order valence-electron chi connectivity index (χ4n) is 1.26. The number of hydrogen-bond donors (Lipinski definition) is 1. The van der Waals surface area contributed by atoms with Gasteiger partial charge in [-0.15, -0.1) is 5.10 Å². The fourth-order valence-corrected chi connectivity index (χ4v) is 1.60. The minimum absolute atomic E-state index is 0.103. The van der Waals surface area contributed by atoms with Crippen molar-refractivity contribution in [1.29, 1.82) is 0 Å². The van der Waals surface area contributed by atoms with Crippen LogP contribution in [0.4, 0.5) is 0 Å². The Hall–Kier alpha value is -1.66. The van der Waals surface area contributed by atoms with E-state index in [1.807, 2.05) is 30.3 Å². The van der Waals surface area contributed by atoms with E-state index in [1.165, 1.54) is 6.20 Å². The topological polar surface area (TPSA) is 76.0 Å². The molecule has 16 heavy (non-hydrogen) atoms. The largest absolute Gasteiger partial charge is 0.306 e. The van der Waals surface area contributed by atoms with Gasteiger partial charge in [-0.05, 0) is 0 Å². The van der Waals surface area contributed by atoms with Gasteiger partial charge in [-0.2, -0.15) is 5.10 Å². The first-order valence-electron chi connectivity index (χ1n) is 4.57. The summed E-state index contributed by atoms with van der Waals surface area (Å²) in [5.41, 5.74) is 1.55. The molecular formula is C10H9N3O2S. The van der Waals surface area contributed by atoms with Gasteiger partial charge >= 0.3 is 0 Å². The van der Waals surface area contributed by atoms with Crippen molar-refractivity contribution in [2.45, 2.75) is 5.75 Å². The summed E-state index contributed by atoms with van der Waals surface area (Å²) in [4.78, 5) is 4.16. The van der Waals surface area contributed by atoms with Gasteiger partial charge < -0.3 is 4.55 Å². The zero-order valence-electron chi connectivity index (χ0n) is 8.28. The molecule has 0 saturated carbocycles. The summed E-state index contributed by atoms with van der Waals surface area (Å²) in [6, 6.07) is 9.47. The lowest BCUT2D eigenvalue weighted by atomic mass is 10.2. The molecule has 1 aromatic carbocycles. The summed E-state index contributed by atoms with van der Waals surface area (Å²) in [6.45, 7) is 0. The van der Waals surface area contributed by atoms with Crippen LogP contribution < -0.4 is 0 Å². The van der Waals surface area contributed by atoms with Gasteiger partial charge in [0.1, 0.15) is 5.75 Å². The van der Waals surface area contributed by atoms with Crippen LogP contribution in [0.15, 0.2) is 36.5 Å². The lowest BCUT2D eigenvalue weighted by molar-refractivity contribution is 0.561. The average molecular weight is 235 g/mol. The van der Waals surface area contributed by atoms with Crippen molar-refractivity contribution in [2.24, 2.45) is 0 Å². The molecule has 0 spiro atoms. The van der Waals surface area contributed by atoms with E-state index in [9.17, 15) is 4.21 Å². The summed E-state index contributed by atoms with van der Waals surface area (Å²) in [5, 5.41) is 7.45. The fraction of sp³-hybridized carbons (Fsp3) is 0.100. The van der Waals surface area contributed by atoms with Crippen LogP contribution in [-0.4, -0.2) is 23.9 Å². The van der Waals surface area contributed by atoms with Crippen LogP contribution in [0.2, 0.25) is 0 Å². The summed E-state index contributed by atoms with van der Waals surface area (Å²) >= 11 is -1.95. The number of aromatic nitrogens is 3. The normalized spacial score (nSPS) is 12.3. The molecule has 0 bridgehead atoms. The molecule has 0 aliphatic rings. The monoisotopic (exact) mass is 235 g/mol. The van der Waals surface area contributed by atoms with Crippen LogP contribution in [0, 0.1) is 0 Å². The highest BCUT2D eigenvalue weighted by atomic mass is 32.2. The van der Waals surface area contributed by atoms with Crippen LogP contribution in [0.1, 0.15) is 5.82 Å². The summed E-state index contributed by atoms with van der Waals surface area (Å²) < 4.78 is 19.4. The Morgan fingerprint density at radius 1 is 1.25 bits per heavy atom. The molecule has 1 N–H and O–H groups in total. The highest BCUT2D eigenvalue weighted by molar-refractivity contribution is 7.78. The molecule has 2 aromatic rings. The number of hydrogen-bond acceptors (Lipinski definition) is 4. The van der Waals surface area contributed by atoms with Gasteiger partial charge in [0.15, 0.2) is 16.9 Å². The summed E-state index contributed by atoms with van der Waals surface area (Å²) in [7, 11) is 0. The molecule has 1 heterocycles. The first kappa shape index (κ1) is 10.8. The molecule has 1 unspecified atom stereocenters. The Balaban J connectivity index is 2.33. The Labute approximate surface area is 94.9 Å². The van der Waals surface area contributed by atoms with Crippen molar-refractivity contribution in [3.63, 3.8) is 0 Å². The molecule has 0 aliphatic heterocycles. The van der Waals surface area contributed by atoms with Crippen LogP contribution in [0.25, 0.3) is 11.3 Å². The minimum Gasteiger partial charge on any atom is -0.306 e. The molecule has 5 nitrogen and oxygen atoms in total. The maximum absolute atomic E-state index is 10.6. The molecule has 0 fully saturated rings. The van der Waals surface area contributed by atoms with Gasteiger partial charge in [0.2, 0.25) is 0 Å². The lowest BCUT2D eigenvalue weighted by Crippen LogP contribution is -2.02. The second kappa shape index (κ2) is 4.91. The Kier molecular flexibility index (Phi) is 3.33. The molecule has 0 radical (unpaired) electrons. The van der Waals surface area contributed by atoms with Crippen molar-refractivity contribution >= 4 is 11.1 Å². The van der Waals surface area contributed by atoms with Crippen molar-refractivity contribution in [3.8, 4) is 11.3 Å². The predicted octanol–water partition coefficient (Wildman–Crippen LogP) is 1.26. The van der Waals surface area contributed by atoms with E-state index in [1.54, 1.807) is 0 Å². The maximum Gasteiger partial charge on any atom is 0.166 e. The van der Waals surface area contributed by atoms with Crippen molar-refractivity contribution in [2.75, 3.05) is 0 Å². The van der Waals surface area contributed by atoms with Gasteiger partial charge in [-0.3, -0.25) is 0 Å². The molecule has 0 saturated heterocycles. The lowest BCUT2D eigenvalue weighted by Gasteiger charge is -2.00. The van der Waals surface area contributed by atoms with Crippen LogP contribution >= 0.6 is 0 Å². The molecular weight excluding hydrogens is 226 g/mol. The summed E-state index contributed by atoms with van der Waals surface area (Å²) in [5.74, 6) is 0.162. The zero-order chi connectivity index (χ0) is 11.4. The van der Waals surface area contributed by atoms with Gasteiger partial charge in [-0.25, -0.2) is 9.19 Å². The van der Waals surface area contributed by atoms with Crippen molar-refractivity contribution < 1.29 is 8.76 Å². The van der Waals surface area contributed by atoms with Crippen LogP contribution in [0.5, 0.6) is 0 Å². The van der Waals surface area contributed by atoms with Crippen molar-refractivity contribution in [3.05, 3.63) is 42.4 Å². The quantitative estimate of drug-likeness (QED) is 0.810. The Morgan fingerprint density at radius 3 is 2.69 bits per heavy atom. The standard InChI is InChI=1S/C10H9N3O2S/c14-16(15)7-10-12-9(6-11-13-10)8-4-2-1-3-5-8/h1-6H,7H2,(H,14,15). The molecule has 0 aliphatic carbocycles. The SMILES string of the molecule is O=S(O)Cc1nncc(-c2ccccc2)n1. The van der Waals surface area contributed by atoms with Crippen LogP contribution in [0.3, 0.4) is 0 Å². The predicted molar refractivity (Wildman–Crippen MR) is 59.7 cm³/mol. The molecule has 82 valence electrons. The van der Waals surface area contributed by atoms with E-state index in [0.717, 1.165) is 5.56 Å². The van der Waals surface area contributed by atoms with E-state index < -0.39 is 11.1 Å². The first-order chi connectivity index (χ1) is 7.75. The maximum atomic E-state index is 10.6. The average Bonchev–Trinajstić information content (AvgIpc) is 2.30. The van der Waals surface area contributed by atoms with E-state index in [0.29, 0.717) is 5.69 Å². The Bertz CT molecular complexity index is 504. The van der Waals surface area contributed by atoms with Gasteiger partial charge in [0.25, 0.3) is 0 Å². The number of nitrogens with zero attached hydrogens (tertiary/aromatic N) is 3. The van der Waals surface area contributed by atoms with Crippen LogP contribution in [-0.2, 0) is 16.8 Å². The van der Waals surface area contributed by atoms with Gasteiger partial charge in [0, 0.05) is 5.56 Å². The third-order valence-corrected chi connectivity index (χ3v) is 2.43. The van der Waals surface area contributed by atoms with Crippen molar-refractivity contribution in [1.82, 2.24) is 15.2 Å². The minimum atomic E-state index is -1.95. The number of rotatable bonds is 3. The van der Waals surface area contributed by atoms with E-state index in [-0.39, 0.29) is 11.6 Å². The van der Waals surface area contributed by atoms with Gasteiger partial charge in [0.05, 0.1) is 11.9 Å². The van der Waals surface area contributed by atoms with E-state index >= 15 is 0 Å². The molecule has 2 rings (SSSR count). The molecule has 6 heteroatoms. The summed E-state index contributed by atoms with van der Waals surface area (Å²) in [6.07, 6.45) is 1.53. The highest BCUT2D eigenvalue weighted by Gasteiger charge is 2.05. The molecule has 1 aromatic heterocycles. The van der Waals surface area contributed by atoms with E-state index in [2.05, 4.69) is 15.2 Å². The third kappa shape index (κ3) is 2.68. The van der Waals surface area contributed by atoms with E-state index in [4.69, 9.17) is 4.55 Å². The second-order valence-corrected chi connectivity index (χ2v) is 4.02. The molecule has 0 amide bonds. The number of benzene rings is 1. The highest BCUT2D eigenvalue weighted by Crippen LogP contribution is 2.14. The first-order valence-corrected chi connectivity index (χ1v) is 5.85. The van der Waals surface area contributed by atoms with Gasteiger partial charge in [-0.1, -0.05) is 30.3 Å². The smallest absolute Gasteiger partial charge is 0.166 e.